The summed E-state index contributed by atoms with van der Waals surface area (Å²) in [6.45, 7) is 3.83. The van der Waals surface area contributed by atoms with Crippen LogP contribution in [0.2, 0.25) is 0 Å². The summed E-state index contributed by atoms with van der Waals surface area (Å²) in [7, 11) is 1.66. The Morgan fingerprint density at radius 2 is 2.00 bits per heavy atom. The first-order chi connectivity index (χ1) is 16.4. The van der Waals surface area contributed by atoms with Crippen LogP contribution in [-0.2, 0) is 10.3 Å². The Morgan fingerprint density at radius 3 is 2.74 bits per heavy atom. The number of nitrogens with zero attached hydrogens (tertiary/aromatic N) is 4. The number of amides is 1. The van der Waals surface area contributed by atoms with Crippen molar-refractivity contribution in [1.82, 2.24) is 19.3 Å². The number of likely N-dealkylation sites (N-methyl/N-ethyl adjacent to an activating group) is 1. The van der Waals surface area contributed by atoms with E-state index in [9.17, 15) is 18.0 Å². The maximum Gasteiger partial charge on any atom is 0.446 e. The average molecular weight is 502 g/mol. The van der Waals surface area contributed by atoms with Gasteiger partial charge in [-0.05, 0) is 67.1 Å². The van der Waals surface area contributed by atoms with Crippen LogP contribution in [0.3, 0.4) is 0 Å². The van der Waals surface area contributed by atoms with Crippen molar-refractivity contribution in [3.63, 3.8) is 0 Å². The fourth-order valence-corrected chi connectivity index (χ4v) is 5.05. The number of anilines is 1. The number of aromatic nitrogens is 3. The molecule has 0 fully saturated rings. The van der Waals surface area contributed by atoms with Gasteiger partial charge in [0.2, 0.25) is 0 Å². The van der Waals surface area contributed by atoms with Crippen molar-refractivity contribution in [2.75, 3.05) is 19.4 Å². The Balaban J connectivity index is 1.51. The quantitative estimate of drug-likeness (QED) is 0.391. The molecule has 7 nitrogen and oxygen atoms in total. The fraction of sp³-hybridized carbons (Fsp3) is 0.292. The van der Waals surface area contributed by atoms with Crippen LogP contribution in [-0.4, -0.2) is 44.3 Å². The van der Waals surface area contributed by atoms with Gasteiger partial charge in [0.1, 0.15) is 11.3 Å². The van der Waals surface area contributed by atoms with Gasteiger partial charge in [-0.2, -0.15) is 13.2 Å². The van der Waals surface area contributed by atoms with Crippen molar-refractivity contribution in [2.45, 2.75) is 35.9 Å². The molecule has 2 aromatic carbocycles. The summed E-state index contributed by atoms with van der Waals surface area (Å²) in [5.74, 6) is 0.0813. The standard InChI is InChI=1S/C24H22F3N5O2S/c1-23(2)16-9-14(35-24(25,26)27)5-6-15(16)20(11-34-23)31(3)22(33)13-4-7-17-18(8-13)32-12-29-10-19(32)21(28)30-17/h4-10,12,20H,11H2,1-3H3,(H2,28,30). The molecular formula is C24H22F3N5O2S. The topological polar surface area (TPSA) is 85.8 Å². The predicted molar refractivity (Wildman–Crippen MR) is 127 cm³/mol. The number of halogens is 3. The summed E-state index contributed by atoms with van der Waals surface area (Å²) >= 11 is -0.168. The number of alkyl halides is 3. The molecule has 3 heterocycles. The van der Waals surface area contributed by atoms with E-state index in [0.29, 0.717) is 33.5 Å². The zero-order valence-corrected chi connectivity index (χ0v) is 19.9. The van der Waals surface area contributed by atoms with Crippen LogP contribution in [0.1, 0.15) is 41.4 Å². The van der Waals surface area contributed by atoms with Crippen LogP contribution in [0.5, 0.6) is 0 Å². The third-order valence-corrected chi connectivity index (χ3v) is 7.00. The molecule has 0 bridgehead atoms. The molecule has 1 aliphatic rings. The molecule has 1 aliphatic heterocycles. The zero-order chi connectivity index (χ0) is 25.1. The summed E-state index contributed by atoms with van der Waals surface area (Å²) in [6, 6.07) is 9.25. The minimum absolute atomic E-state index is 0.0770. The Labute approximate surface area is 203 Å². The minimum atomic E-state index is -4.39. The van der Waals surface area contributed by atoms with Gasteiger partial charge in [-0.1, -0.05) is 6.07 Å². The molecule has 11 heteroatoms. The smallest absolute Gasteiger partial charge is 0.382 e. The van der Waals surface area contributed by atoms with Crippen LogP contribution in [0.15, 0.2) is 53.8 Å². The van der Waals surface area contributed by atoms with Crippen molar-refractivity contribution in [1.29, 1.82) is 0 Å². The normalized spacial score (nSPS) is 17.5. The highest BCUT2D eigenvalue weighted by Gasteiger charge is 2.38. The lowest BCUT2D eigenvalue weighted by Gasteiger charge is -2.41. The van der Waals surface area contributed by atoms with Crippen LogP contribution >= 0.6 is 11.8 Å². The average Bonchev–Trinajstić information content (AvgIpc) is 3.29. The third kappa shape index (κ3) is 4.19. The van der Waals surface area contributed by atoms with Gasteiger partial charge >= 0.3 is 5.51 Å². The molecule has 182 valence electrons. The second-order valence-corrected chi connectivity index (χ2v) is 10.0. The molecule has 1 amide bonds. The van der Waals surface area contributed by atoms with Crippen molar-refractivity contribution in [3.05, 3.63) is 65.6 Å². The summed E-state index contributed by atoms with van der Waals surface area (Å²) < 4.78 is 46.6. The van der Waals surface area contributed by atoms with Crippen LogP contribution in [0, 0.1) is 0 Å². The van der Waals surface area contributed by atoms with Gasteiger partial charge in [0.05, 0.1) is 41.8 Å². The zero-order valence-electron chi connectivity index (χ0n) is 19.1. The van der Waals surface area contributed by atoms with Crippen molar-refractivity contribution >= 4 is 40.0 Å². The Bertz CT molecular complexity index is 1470. The number of ether oxygens (including phenoxy) is 1. The van der Waals surface area contributed by atoms with Crippen LogP contribution < -0.4 is 5.73 Å². The molecule has 1 atom stereocenters. The first-order valence-electron chi connectivity index (χ1n) is 10.8. The van der Waals surface area contributed by atoms with E-state index in [1.165, 1.54) is 12.1 Å². The first kappa shape index (κ1) is 23.4. The number of hydrogen-bond acceptors (Lipinski definition) is 6. The van der Waals surface area contributed by atoms with Gasteiger partial charge in [-0.25, -0.2) is 9.97 Å². The lowest BCUT2D eigenvalue weighted by molar-refractivity contribution is -0.0614. The molecule has 0 saturated heterocycles. The van der Waals surface area contributed by atoms with Gasteiger partial charge in [0.15, 0.2) is 0 Å². The lowest BCUT2D eigenvalue weighted by atomic mass is 9.86. The number of nitrogens with two attached hydrogens (primary N) is 1. The highest BCUT2D eigenvalue weighted by molar-refractivity contribution is 8.00. The fourth-order valence-electron chi connectivity index (χ4n) is 4.47. The summed E-state index contributed by atoms with van der Waals surface area (Å²) in [6.07, 6.45) is 3.21. The van der Waals surface area contributed by atoms with Gasteiger partial charge < -0.3 is 15.4 Å². The molecule has 35 heavy (non-hydrogen) atoms. The lowest BCUT2D eigenvalue weighted by Crippen LogP contribution is -2.41. The maximum absolute atomic E-state index is 13.5. The SMILES string of the molecule is CN(C(=O)c1ccc2nc(N)c3cncn3c2c1)C1COC(C)(C)c2cc(SC(F)(F)F)ccc21. The molecule has 0 saturated carbocycles. The van der Waals surface area contributed by atoms with E-state index in [1.807, 2.05) is 13.8 Å². The highest BCUT2D eigenvalue weighted by Crippen LogP contribution is 2.44. The second-order valence-electron chi connectivity index (χ2n) is 8.90. The molecule has 2 aromatic heterocycles. The summed E-state index contributed by atoms with van der Waals surface area (Å²) in [5, 5.41) is 0. The Hall–Kier alpha value is -3.31. The number of benzene rings is 2. The molecule has 0 spiro atoms. The van der Waals surface area contributed by atoms with Gasteiger partial charge in [0, 0.05) is 17.5 Å². The molecule has 4 aromatic rings. The number of thioether (sulfide) groups is 1. The Kier molecular flexibility index (Phi) is 5.44. The number of rotatable bonds is 3. The number of carbonyl (C=O) groups is 1. The second kappa shape index (κ2) is 8.13. The van der Waals surface area contributed by atoms with E-state index in [4.69, 9.17) is 10.5 Å². The van der Waals surface area contributed by atoms with E-state index in [1.54, 1.807) is 53.1 Å². The monoisotopic (exact) mass is 501 g/mol. The molecule has 1 unspecified atom stereocenters. The number of carbonyl (C=O) groups excluding carboxylic acids is 1. The van der Waals surface area contributed by atoms with Crippen molar-refractivity contribution in [3.8, 4) is 0 Å². The van der Waals surface area contributed by atoms with E-state index in [-0.39, 0.29) is 29.2 Å². The maximum atomic E-state index is 13.5. The van der Waals surface area contributed by atoms with E-state index in [2.05, 4.69) is 9.97 Å². The largest absolute Gasteiger partial charge is 0.446 e. The molecule has 0 radical (unpaired) electrons. The van der Waals surface area contributed by atoms with Crippen molar-refractivity contribution < 1.29 is 22.7 Å². The van der Waals surface area contributed by atoms with Crippen LogP contribution in [0.25, 0.3) is 16.6 Å². The number of imidazole rings is 1. The molecule has 0 aliphatic carbocycles. The predicted octanol–water partition coefficient (Wildman–Crippen LogP) is 5.16. The van der Waals surface area contributed by atoms with Crippen molar-refractivity contribution in [2.24, 2.45) is 0 Å². The van der Waals surface area contributed by atoms with Gasteiger partial charge in [-0.15, -0.1) is 0 Å². The van der Waals surface area contributed by atoms with E-state index in [0.717, 1.165) is 5.56 Å². The third-order valence-electron chi connectivity index (χ3n) is 6.28. The molecular weight excluding hydrogens is 479 g/mol. The molecule has 5 rings (SSSR count). The number of nitrogen functional groups attached to an aromatic ring is 1. The first-order valence-corrected chi connectivity index (χ1v) is 11.6. The van der Waals surface area contributed by atoms with Gasteiger partial charge in [0.25, 0.3) is 5.91 Å². The summed E-state index contributed by atoms with van der Waals surface area (Å²) in [5.41, 5.74) is 4.57. The number of fused-ring (bicyclic) bond motifs is 4. The minimum Gasteiger partial charge on any atom is -0.382 e. The van der Waals surface area contributed by atoms with Crippen LogP contribution in [0.4, 0.5) is 19.0 Å². The summed E-state index contributed by atoms with van der Waals surface area (Å²) in [4.78, 5) is 23.6. The van der Waals surface area contributed by atoms with E-state index >= 15 is 0 Å². The van der Waals surface area contributed by atoms with Gasteiger partial charge in [-0.3, -0.25) is 9.20 Å². The molecule has 2 N–H and O–H groups in total. The Morgan fingerprint density at radius 1 is 1.23 bits per heavy atom. The van der Waals surface area contributed by atoms with E-state index < -0.39 is 17.2 Å². The number of hydrogen-bond donors (Lipinski definition) is 1. The highest BCUT2D eigenvalue weighted by atomic mass is 32.2.